The molecule has 0 radical (unpaired) electrons. The van der Waals surface area contributed by atoms with E-state index in [9.17, 15) is 8.60 Å². The zero-order valence-corrected chi connectivity index (χ0v) is 14.7. The zero-order valence-electron chi connectivity index (χ0n) is 13.9. The van der Waals surface area contributed by atoms with Crippen molar-refractivity contribution in [2.24, 2.45) is 0 Å². The van der Waals surface area contributed by atoms with Gasteiger partial charge in [-0.05, 0) is 50.1 Å². The van der Waals surface area contributed by atoms with Crippen molar-refractivity contribution < 1.29 is 22.3 Å². The topological polar surface area (TPSA) is 58.6 Å². The van der Waals surface area contributed by atoms with Crippen LogP contribution in [-0.4, -0.2) is 14.4 Å². The van der Waals surface area contributed by atoms with Crippen molar-refractivity contribution in [1.82, 2.24) is 0 Å². The minimum absolute atomic E-state index is 0.334. The van der Waals surface area contributed by atoms with Crippen LogP contribution in [-0.2, 0) is 11.3 Å². The molecule has 3 rings (SSSR count). The summed E-state index contributed by atoms with van der Waals surface area (Å²) in [7, 11) is 0. The Morgan fingerprint density at radius 1 is 1.16 bits per heavy atom. The molecule has 0 spiro atoms. The van der Waals surface area contributed by atoms with Crippen molar-refractivity contribution in [2.45, 2.75) is 26.4 Å². The van der Waals surface area contributed by atoms with E-state index in [4.69, 9.17) is 9.29 Å². The summed E-state index contributed by atoms with van der Waals surface area (Å²) in [5.41, 5.74) is 1.23. The third-order valence-corrected chi connectivity index (χ3v) is 4.41. The number of benzene rings is 2. The maximum absolute atomic E-state index is 15.1. The molecular weight excluding hydrogens is 348 g/mol. The zero-order chi connectivity index (χ0) is 18.4. The Bertz CT molecular complexity index is 892. The molecule has 0 aliphatic carbocycles. The van der Waals surface area contributed by atoms with Crippen LogP contribution in [0.3, 0.4) is 0 Å². The maximum atomic E-state index is 15.1. The van der Waals surface area contributed by atoms with Crippen molar-refractivity contribution >= 4 is 22.5 Å². The summed E-state index contributed by atoms with van der Waals surface area (Å²) in [6.07, 6.45) is 0. The minimum atomic E-state index is -2.23. The molecule has 2 N–H and O–H groups in total. The SMILES string of the molecule is Cc1cc(NS(=O)O)cc2c1C(c1ccc(F)cc1)=C(F)C(C)(C)O2. The molecule has 0 amide bonds. The number of ether oxygens (including phenoxy) is 1. The monoisotopic (exact) mass is 365 g/mol. The summed E-state index contributed by atoms with van der Waals surface area (Å²) >= 11 is -2.23. The Morgan fingerprint density at radius 3 is 2.40 bits per heavy atom. The van der Waals surface area contributed by atoms with Gasteiger partial charge in [0.15, 0.2) is 11.4 Å². The van der Waals surface area contributed by atoms with Gasteiger partial charge in [-0.1, -0.05) is 12.1 Å². The van der Waals surface area contributed by atoms with Crippen LogP contribution >= 0.6 is 0 Å². The van der Waals surface area contributed by atoms with Crippen molar-refractivity contribution in [1.29, 1.82) is 0 Å². The van der Waals surface area contributed by atoms with Crippen LogP contribution in [0.5, 0.6) is 5.75 Å². The number of hydrogen-bond donors (Lipinski definition) is 2. The van der Waals surface area contributed by atoms with Gasteiger partial charge >= 0.3 is 0 Å². The molecule has 0 saturated carbocycles. The van der Waals surface area contributed by atoms with E-state index in [-0.39, 0.29) is 0 Å². The van der Waals surface area contributed by atoms with E-state index in [1.54, 1.807) is 32.9 Å². The van der Waals surface area contributed by atoms with Crippen LogP contribution in [0.25, 0.3) is 5.57 Å². The Morgan fingerprint density at radius 2 is 1.80 bits per heavy atom. The predicted octanol–water partition coefficient (Wildman–Crippen LogP) is 4.58. The van der Waals surface area contributed by atoms with Gasteiger partial charge in [0.2, 0.25) is 0 Å². The summed E-state index contributed by atoms with van der Waals surface area (Å²) in [5, 5.41) is 0. The highest BCUT2D eigenvalue weighted by molar-refractivity contribution is 7.80. The standard InChI is InChI=1S/C18H17F2NO3S/c1-10-8-13(21-25(22)23)9-14-15(10)16(17(20)18(2,3)24-14)11-4-6-12(19)7-5-11/h4-9,21H,1-3H3,(H,22,23). The van der Waals surface area contributed by atoms with Gasteiger partial charge in [-0.25, -0.2) is 13.0 Å². The van der Waals surface area contributed by atoms with Crippen molar-refractivity contribution in [3.63, 3.8) is 0 Å². The lowest BCUT2D eigenvalue weighted by Crippen LogP contribution is -2.33. The van der Waals surface area contributed by atoms with E-state index in [2.05, 4.69) is 4.72 Å². The summed E-state index contributed by atoms with van der Waals surface area (Å²) in [5.74, 6) is -0.474. The van der Waals surface area contributed by atoms with Gasteiger partial charge in [0, 0.05) is 17.2 Å². The number of rotatable bonds is 3. The summed E-state index contributed by atoms with van der Waals surface area (Å²) < 4.78 is 56.6. The number of aryl methyl sites for hydroxylation is 1. The van der Waals surface area contributed by atoms with Gasteiger partial charge in [0.25, 0.3) is 11.3 Å². The van der Waals surface area contributed by atoms with Gasteiger partial charge in [-0.3, -0.25) is 9.27 Å². The normalized spacial score (nSPS) is 16.9. The van der Waals surface area contributed by atoms with Gasteiger partial charge in [-0.15, -0.1) is 0 Å². The highest BCUT2D eigenvalue weighted by atomic mass is 32.2. The molecule has 1 aliphatic heterocycles. The summed E-state index contributed by atoms with van der Waals surface area (Å²) in [6.45, 7) is 4.94. The molecule has 25 heavy (non-hydrogen) atoms. The maximum Gasteiger partial charge on any atom is 0.259 e. The lowest BCUT2D eigenvalue weighted by molar-refractivity contribution is 0.117. The molecule has 1 unspecified atom stereocenters. The summed E-state index contributed by atoms with van der Waals surface area (Å²) in [4.78, 5) is 0. The molecule has 0 saturated heterocycles. The summed E-state index contributed by atoms with van der Waals surface area (Å²) in [6, 6.07) is 8.77. The predicted molar refractivity (Wildman–Crippen MR) is 93.8 cm³/mol. The van der Waals surface area contributed by atoms with Crippen LogP contribution < -0.4 is 9.46 Å². The largest absolute Gasteiger partial charge is 0.480 e. The van der Waals surface area contributed by atoms with Gasteiger partial charge in [-0.2, -0.15) is 0 Å². The molecule has 2 aromatic rings. The lowest BCUT2D eigenvalue weighted by atomic mass is 9.86. The highest BCUT2D eigenvalue weighted by Crippen LogP contribution is 2.46. The molecule has 0 aromatic heterocycles. The number of hydrogen-bond acceptors (Lipinski definition) is 2. The lowest BCUT2D eigenvalue weighted by Gasteiger charge is -2.34. The van der Waals surface area contributed by atoms with E-state index in [0.29, 0.717) is 33.7 Å². The molecular formula is C18H17F2NO3S. The Kier molecular flexibility index (Phi) is 4.38. The fourth-order valence-electron chi connectivity index (χ4n) is 2.93. The second kappa shape index (κ2) is 6.24. The molecule has 2 aromatic carbocycles. The van der Waals surface area contributed by atoms with Crippen LogP contribution in [0.1, 0.15) is 30.5 Å². The molecule has 4 nitrogen and oxygen atoms in total. The van der Waals surface area contributed by atoms with Gasteiger partial charge in [0.1, 0.15) is 11.6 Å². The molecule has 1 atom stereocenters. The van der Waals surface area contributed by atoms with Crippen molar-refractivity contribution in [2.75, 3.05) is 4.72 Å². The average molecular weight is 365 g/mol. The van der Waals surface area contributed by atoms with E-state index < -0.39 is 28.5 Å². The van der Waals surface area contributed by atoms with Crippen LogP contribution in [0.4, 0.5) is 14.5 Å². The Hall–Kier alpha value is -2.25. The van der Waals surface area contributed by atoms with Crippen LogP contribution in [0, 0.1) is 12.7 Å². The number of halogens is 2. The number of anilines is 1. The minimum Gasteiger partial charge on any atom is -0.480 e. The van der Waals surface area contributed by atoms with E-state index in [0.717, 1.165) is 0 Å². The second-order valence-electron chi connectivity index (χ2n) is 6.33. The van der Waals surface area contributed by atoms with Crippen molar-refractivity contribution in [3.05, 3.63) is 64.7 Å². The fraction of sp³-hybridized carbons (Fsp3) is 0.222. The molecule has 7 heteroatoms. The van der Waals surface area contributed by atoms with Crippen LogP contribution in [0.2, 0.25) is 0 Å². The fourth-order valence-corrected chi connectivity index (χ4v) is 3.25. The number of fused-ring (bicyclic) bond motifs is 1. The number of nitrogens with one attached hydrogen (secondary N) is 1. The first-order valence-corrected chi connectivity index (χ1v) is 8.67. The molecule has 0 bridgehead atoms. The first kappa shape index (κ1) is 17.6. The Labute approximate surface area is 146 Å². The van der Waals surface area contributed by atoms with Gasteiger partial charge in [0.05, 0.1) is 5.69 Å². The average Bonchev–Trinajstić information content (AvgIpc) is 2.49. The second-order valence-corrected chi connectivity index (χ2v) is 7.03. The smallest absolute Gasteiger partial charge is 0.259 e. The van der Waals surface area contributed by atoms with E-state index in [1.807, 2.05) is 0 Å². The van der Waals surface area contributed by atoms with Gasteiger partial charge < -0.3 is 4.74 Å². The van der Waals surface area contributed by atoms with Crippen LogP contribution in [0.15, 0.2) is 42.2 Å². The third kappa shape index (κ3) is 3.29. The molecule has 1 heterocycles. The first-order chi connectivity index (χ1) is 11.7. The first-order valence-electron chi connectivity index (χ1n) is 7.57. The molecule has 0 fully saturated rings. The molecule has 1 aliphatic rings. The quantitative estimate of drug-likeness (QED) is 0.783. The third-order valence-electron chi connectivity index (χ3n) is 4.00. The highest BCUT2D eigenvalue weighted by Gasteiger charge is 2.37. The van der Waals surface area contributed by atoms with E-state index >= 15 is 4.39 Å². The van der Waals surface area contributed by atoms with Crippen molar-refractivity contribution in [3.8, 4) is 5.75 Å². The Balaban J connectivity index is 2.24. The molecule has 132 valence electrons. The van der Waals surface area contributed by atoms with E-state index in [1.165, 1.54) is 24.3 Å².